The molecule has 31 heavy (non-hydrogen) atoms. The Labute approximate surface area is 182 Å². The smallest absolute Gasteiger partial charge is 0.363 e. The van der Waals surface area contributed by atoms with Crippen LogP contribution in [0.5, 0.6) is 5.75 Å². The summed E-state index contributed by atoms with van der Waals surface area (Å²) >= 11 is 6.11. The first kappa shape index (κ1) is 20.3. The molecule has 0 saturated carbocycles. The summed E-state index contributed by atoms with van der Waals surface area (Å²) in [6, 6.07) is 20.8. The molecule has 0 amide bonds. The third-order valence-electron chi connectivity index (χ3n) is 4.42. The molecule has 0 radical (unpaired) electrons. The van der Waals surface area contributed by atoms with Crippen molar-refractivity contribution in [3.63, 3.8) is 0 Å². The van der Waals surface area contributed by atoms with Gasteiger partial charge in [-0.25, -0.2) is 9.79 Å². The molecule has 0 fully saturated rings. The third-order valence-corrected chi connectivity index (χ3v) is 4.75. The molecule has 8 heteroatoms. The van der Waals surface area contributed by atoms with Crippen LogP contribution in [0.4, 0.5) is 5.69 Å². The highest BCUT2D eigenvalue weighted by Gasteiger charge is 2.27. The van der Waals surface area contributed by atoms with Crippen molar-refractivity contribution >= 4 is 35.2 Å². The molecule has 0 saturated heterocycles. The van der Waals surface area contributed by atoms with Crippen LogP contribution in [0.3, 0.4) is 0 Å². The van der Waals surface area contributed by atoms with Crippen LogP contribution in [0, 0.1) is 10.1 Å². The van der Waals surface area contributed by atoms with Crippen LogP contribution in [0.1, 0.15) is 16.7 Å². The first-order valence-electron chi connectivity index (χ1n) is 9.23. The number of carbonyl (C=O) groups excluding carboxylic acids is 1. The number of rotatable bonds is 6. The van der Waals surface area contributed by atoms with Crippen LogP contribution in [0.2, 0.25) is 5.02 Å². The van der Waals surface area contributed by atoms with E-state index in [-0.39, 0.29) is 27.9 Å². The van der Waals surface area contributed by atoms with Gasteiger partial charge in [0.2, 0.25) is 5.90 Å². The Bertz CT molecular complexity index is 1220. The zero-order valence-corrected chi connectivity index (χ0v) is 16.8. The van der Waals surface area contributed by atoms with Crippen LogP contribution in [0.25, 0.3) is 6.08 Å². The first-order chi connectivity index (χ1) is 15.0. The van der Waals surface area contributed by atoms with Crippen molar-refractivity contribution in [3.05, 3.63) is 110 Å². The van der Waals surface area contributed by atoms with Crippen molar-refractivity contribution in [2.75, 3.05) is 0 Å². The summed E-state index contributed by atoms with van der Waals surface area (Å²) in [5.41, 5.74) is 1.77. The number of hydrogen-bond acceptors (Lipinski definition) is 6. The topological polar surface area (TPSA) is 91.0 Å². The van der Waals surface area contributed by atoms with E-state index in [1.165, 1.54) is 18.2 Å². The van der Waals surface area contributed by atoms with Gasteiger partial charge in [0.25, 0.3) is 5.69 Å². The molecular formula is C23H15ClN2O5. The van der Waals surface area contributed by atoms with Gasteiger partial charge < -0.3 is 9.47 Å². The van der Waals surface area contributed by atoms with Gasteiger partial charge >= 0.3 is 5.97 Å². The summed E-state index contributed by atoms with van der Waals surface area (Å²) in [4.78, 5) is 26.9. The van der Waals surface area contributed by atoms with Crippen LogP contribution in [0.15, 0.2) is 83.5 Å². The van der Waals surface area contributed by atoms with Crippen LogP contribution >= 0.6 is 11.6 Å². The molecule has 154 valence electrons. The molecule has 3 aromatic carbocycles. The fourth-order valence-corrected chi connectivity index (χ4v) is 3.11. The van der Waals surface area contributed by atoms with E-state index in [1.807, 2.05) is 36.4 Å². The lowest BCUT2D eigenvalue weighted by atomic mass is 10.2. The molecule has 0 atom stereocenters. The summed E-state index contributed by atoms with van der Waals surface area (Å²) < 4.78 is 11.0. The SMILES string of the molecule is O=C1OC(c2cc([N+](=O)[O-])ccc2Cl)=NC1=Cc1cccc(OCc2ccccc2)c1. The molecule has 1 aliphatic rings. The van der Waals surface area contributed by atoms with Crippen molar-refractivity contribution in [3.8, 4) is 5.75 Å². The molecule has 0 aromatic heterocycles. The Morgan fingerprint density at radius 3 is 2.65 bits per heavy atom. The molecule has 7 nitrogen and oxygen atoms in total. The highest BCUT2D eigenvalue weighted by molar-refractivity contribution is 6.34. The number of nitro groups is 1. The second kappa shape index (κ2) is 8.81. The van der Waals surface area contributed by atoms with E-state index in [0.29, 0.717) is 17.9 Å². The molecular weight excluding hydrogens is 420 g/mol. The summed E-state index contributed by atoms with van der Waals surface area (Å²) in [6.45, 7) is 0.413. The van der Waals surface area contributed by atoms with Gasteiger partial charge in [-0.05, 0) is 35.4 Å². The predicted octanol–water partition coefficient (Wildman–Crippen LogP) is 5.17. The maximum absolute atomic E-state index is 12.3. The van der Waals surface area contributed by atoms with Crippen LogP contribution in [-0.2, 0) is 16.1 Å². The van der Waals surface area contributed by atoms with Crippen molar-refractivity contribution in [1.82, 2.24) is 0 Å². The van der Waals surface area contributed by atoms with Crippen molar-refractivity contribution < 1.29 is 19.2 Å². The number of cyclic esters (lactones) is 1. The molecule has 1 aliphatic heterocycles. The molecule has 0 spiro atoms. The van der Waals surface area contributed by atoms with Crippen molar-refractivity contribution in [2.45, 2.75) is 6.61 Å². The maximum Gasteiger partial charge on any atom is 0.363 e. The summed E-state index contributed by atoms with van der Waals surface area (Å²) in [7, 11) is 0. The number of benzene rings is 3. The number of hydrogen-bond donors (Lipinski definition) is 0. The Morgan fingerprint density at radius 1 is 1.06 bits per heavy atom. The normalized spacial score (nSPS) is 14.3. The van der Waals surface area contributed by atoms with E-state index in [4.69, 9.17) is 21.1 Å². The van der Waals surface area contributed by atoms with Gasteiger partial charge in [-0.15, -0.1) is 0 Å². The summed E-state index contributed by atoms with van der Waals surface area (Å²) in [6.07, 6.45) is 1.55. The zero-order chi connectivity index (χ0) is 21.8. The van der Waals surface area contributed by atoms with Gasteiger partial charge in [0.1, 0.15) is 12.4 Å². The number of aliphatic imine (C=N–C) groups is 1. The Morgan fingerprint density at radius 2 is 1.87 bits per heavy atom. The number of nitrogens with zero attached hydrogens (tertiary/aromatic N) is 2. The van der Waals surface area contributed by atoms with E-state index < -0.39 is 10.9 Å². The number of nitro benzene ring substituents is 1. The zero-order valence-electron chi connectivity index (χ0n) is 16.0. The molecule has 0 bridgehead atoms. The van der Waals surface area contributed by atoms with Crippen LogP contribution < -0.4 is 4.74 Å². The van der Waals surface area contributed by atoms with E-state index in [1.54, 1.807) is 24.3 Å². The highest BCUT2D eigenvalue weighted by Crippen LogP contribution is 2.27. The quantitative estimate of drug-likeness (QED) is 0.231. The predicted molar refractivity (Wildman–Crippen MR) is 116 cm³/mol. The van der Waals surface area contributed by atoms with Crippen molar-refractivity contribution in [2.24, 2.45) is 4.99 Å². The molecule has 4 rings (SSSR count). The summed E-state index contributed by atoms with van der Waals surface area (Å²) in [5.74, 6) is -0.120. The third kappa shape index (κ3) is 4.79. The number of non-ortho nitro benzene ring substituents is 1. The molecule has 1 heterocycles. The number of ether oxygens (including phenoxy) is 2. The molecule has 0 N–H and O–H groups in total. The Kier molecular flexibility index (Phi) is 5.77. The lowest BCUT2D eigenvalue weighted by Crippen LogP contribution is -2.06. The van der Waals surface area contributed by atoms with Gasteiger partial charge in [0.05, 0.1) is 15.5 Å². The maximum atomic E-state index is 12.3. The van der Waals surface area contributed by atoms with E-state index in [0.717, 1.165) is 5.56 Å². The molecule has 0 unspecified atom stereocenters. The second-order valence-corrected chi connectivity index (χ2v) is 7.01. The Balaban J connectivity index is 1.56. The highest BCUT2D eigenvalue weighted by atomic mass is 35.5. The van der Waals surface area contributed by atoms with E-state index in [2.05, 4.69) is 4.99 Å². The van der Waals surface area contributed by atoms with Gasteiger partial charge in [0.15, 0.2) is 5.70 Å². The minimum absolute atomic E-state index is 0.0535. The van der Waals surface area contributed by atoms with E-state index >= 15 is 0 Å². The Hall–Kier alpha value is -3.97. The minimum atomic E-state index is -0.673. The van der Waals surface area contributed by atoms with Gasteiger partial charge in [-0.2, -0.15) is 0 Å². The average molecular weight is 435 g/mol. The van der Waals surface area contributed by atoms with Crippen LogP contribution in [-0.4, -0.2) is 16.8 Å². The summed E-state index contributed by atoms with van der Waals surface area (Å²) in [5, 5.41) is 11.2. The number of esters is 1. The largest absolute Gasteiger partial charge is 0.489 e. The lowest BCUT2D eigenvalue weighted by molar-refractivity contribution is -0.384. The monoisotopic (exact) mass is 434 g/mol. The van der Waals surface area contributed by atoms with Crippen molar-refractivity contribution in [1.29, 1.82) is 0 Å². The lowest BCUT2D eigenvalue weighted by Gasteiger charge is -2.07. The number of halogens is 1. The van der Waals surface area contributed by atoms with Gasteiger partial charge in [0, 0.05) is 12.1 Å². The minimum Gasteiger partial charge on any atom is -0.489 e. The fourth-order valence-electron chi connectivity index (χ4n) is 2.91. The fraction of sp³-hybridized carbons (Fsp3) is 0.0435. The molecule has 3 aromatic rings. The molecule has 0 aliphatic carbocycles. The number of carbonyl (C=O) groups is 1. The standard InChI is InChI=1S/C23H15ClN2O5/c24-20-10-9-17(26(28)29)13-19(20)22-25-21(23(27)31-22)12-16-7-4-8-18(11-16)30-14-15-5-2-1-3-6-15/h1-13H,14H2. The second-order valence-electron chi connectivity index (χ2n) is 6.60. The first-order valence-corrected chi connectivity index (χ1v) is 9.61. The van der Waals surface area contributed by atoms with Gasteiger partial charge in [-0.1, -0.05) is 54.1 Å². The van der Waals surface area contributed by atoms with E-state index in [9.17, 15) is 14.9 Å². The van der Waals surface area contributed by atoms with Gasteiger partial charge in [-0.3, -0.25) is 10.1 Å². The average Bonchev–Trinajstić information content (AvgIpc) is 3.13.